The van der Waals surface area contributed by atoms with Crippen LogP contribution in [0.4, 0.5) is 13.2 Å². The number of nitrogens with one attached hydrogen (secondary N) is 3. The Labute approximate surface area is 205 Å². The molecule has 2 aliphatic heterocycles. The summed E-state index contributed by atoms with van der Waals surface area (Å²) >= 11 is 0. The minimum Gasteiger partial charge on any atom is -0.356 e. The van der Waals surface area contributed by atoms with Gasteiger partial charge in [-0.05, 0) is 49.3 Å². The number of hydrogen-bond acceptors (Lipinski definition) is 4. The van der Waals surface area contributed by atoms with Gasteiger partial charge in [0.1, 0.15) is 23.6 Å². The highest BCUT2D eigenvalue weighted by Crippen LogP contribution is 2.50. The molecule has 3 amide bonds. The van der Waals surface area contributed by atoms with Gasteiger partial charge in [-0.15, -0.1) is 0 Å². The van der Waals surface area contributed by atoms with E-state index in [4.69, 9.17) is 0 Å². The highest BCUT2D eigenvalue weighted by molar-refractivity contribution is 6.01. The Bertz CT molecular complexity index is 1260. The normalized spacial score (nSPS) is 27.8. The number of fused-ring (bicyclic) bond motifs is 2. The number of amides is 3. The number of carbonyl (C=O) groups excluding carboxylic acids is 3. The van der Waals surface area contributed by atoms with E-state index in [1.165, 1.54) is 23.1 Å². The molecule has 3 fully saturated rings. The summed E-state index contributed by atoms with van der Waals surface area (Å²) in [4.78, 5) is 43.0. The number of benzene rings is 1. The Morgan fingerprint density at radius 2 is 2.11 bits per heavy atom. The molecule has 5 atom stereocenters. The molecular weight excluding hydrogens is 475 g/mol. The average Bonchev–Trinajstić information content (AvgIpc) is 3.49. The SMILES string of the molecule is N#C[C@@H](C[C@@H]1CCCNC1=O)NC(=O)[C@H]1[C@@H]2CC(F)(F)C[C@@H]2CN1C(=O)c1cc2c(F)cccc2[nH]1. The molecule has 0 radical (unpaired) electrons. The van der Waals surface area contributed by atoms with Gasteiger partial charge in [-0.1, -0.05) is 6.07 Å². The Kier molecular flexibility index (Phi) is 6.14. The van der Waals surface area contributed by atoms with Crippen molar-refractivity contribution in [2.24, 2.45) is 17.8 Å². The highest BCUT2D eigenvalue weighted by Gasteiger charge is 2.58. The van der Waals surface area contributed by atoms with E-state index in [-0.39, 0.29) is 30.0 Å². The topological polar surface area (TPSA) is 118 Å². The fraction of sp³-hybridized carbons (Fsp3) is 0.520. The van der Waals surface area contributed by atoms with Crippen molar-refractivity contribution in [1.29, 1.82) is 5.26 Å². The van der Waals surface area contributed by atoms with Gasteiger partial charge < -0.3 is 20.5 Å². The van der Waals surface area contributed by atoms with Crippen LogP contribution in [0.2, 0.25) is 0 Å². The van der Waals surface area contributed by atoms with E-state index < -0.39 is 66.2 Å². The molecule has 0 spiro atoms. The molecule has 2 aromatic rings. The molecule has 36 heavy (non-hydrogen) atoms. The van der Waals surface area contributed by atoms with Crippen LogP contribution in [0.5, 0.6) is 0 Å². The maximum atomic E-state index is 14.2. The van der Waals surface area contributed by atoms with Crippen LogP contribution in [-0.2, 0) is 9.59 Å². The number of likely N-dealkylation sites (tertiary alicyclic amines) is 1. The minimum atomic E-state index is -2.94. The number of rotatable bonds is 5. The second-order valence-electron chi connectivity index (χ2n) is 10.0. The lowest BCUT2D eigenvalue weighted by atomic mass is 9.90. The lowest BCUT2D eigenvalue weighted by Crippen LogP contribution is -2.52. The van der Waals surface area contributed by atoms with Gasteiger partial charge in [0.25, 0.3) is 5.91 Å². The molecule has 0 unspecified atom stereocenters. The number of hydrogen-bond donors (Lipinski definition) is 3. The third-order valence-electron chi connectivity index (χ3n) is 7.64. The number of nitrogens with zero attached hydrogens (tertiary/aromatic N) is 2. The molecule has 5 rings (SSSR count). The van der Waals surface area contributed by atoms with E-state index in [0.717, 1.165) is 6.42 Å². The van der Waals surface area contributed by atoms with E-state index in [0.29, 0.717) is 18.5 Å². The molecule has 2 saturated heterocycles. The van der Waals surface area contributed by atoms with Crippen molar-refractivity contribution in [3.05, 3.63) is 35.8 Å². The fourth-order valence-corrected chi connectivity index (χ4v) is 5.98. The van der Waals surface area contributed by atoms with Crippen LogP contribution in [0.3, 0.4) is 0 Å². The molecule has 0 bridgehead atoms. The Morgan fingerprint density at radius 1 is 1.31 bits per heavy atom. The zero-order chi connectivity index (χ0) is 25.6. The maximum Gasteiger partial charge on any atom is 0.271 e. The Morgan fingerprint density at radius 3 is 2.83 bits per heavy atom. The third kappa shape index (κ3) is 4.40. The highest BCUT2D eigenvalue weighted by atomic mass is 19.3. The van der Waals surface area contributed by atoms with Gasteiger partial charge >= 0.3 is 0 Å². The van der Waals surface area contributed by atoms with E-state index in [1.54, 1.807) is 6.07 Å². The number of aromatic nitrogens is 1. The number of H-pyrrole nitrogens is 1. The van der Waals surface area contributed by atoms with Crippen LogP contribution < -0.4 is 10.6 Å². The Balaban J connectivity index is 1.39. The lowest BCUT2D eigenvalue weighted by molar-refractivity contribution is -0.129. The van der Waals surface area contributed by atoms with Gasteiger partial charge in [0.15, 0.2) is 0 Å². The predicted octanol–water partition coefficient (Wildman–Crippen LogP) is 2.72. The maximum absolute atomic E-state index is 14.2. The van der Waals surface area contributed by atoms with Crippen LogP contribution in [-0.4, -0.2) is 58.7 Å². The van der Waals surface area contributed by atoms with Crippen molar-refractivity contribution in [3.63, 3.8) is 0 Å². The predicted molar refractivity (Wildman–Crippen MR) is 122 cm³/mol. The molecule has 3 heterocycles. The van der Waals surface area contributed by atoms with Crippen molar-refractivity contribution in [2.75, 3.05) is 13.1 Å². The molecule has 1 saturated carbocycles. The quantitative estimate of drug-likeness (QED) is 0.584. The number of nitriles is 1. The van der Waals surface area contributed by atoms with E-state index in [9.17, 15) is 32.8 Å². The van der Waals surface area contributed by atoms with Crippen LogP contribution in [0.15, 0.2) is 24.3 Å². The van der Waals surface area contributed by atoms with Gasteiger partial charge in [-0.2, -0.15) is 5.26 Å². The summed E-state index contributed by atoms with van der Waals surface area (Å²) in [6.45, 7) is 0.518. The van der Waals surface area contributed by atoms with Gasteiger partial charge in [-0.3, -0.25) is 14.4 Å². The van der Waals surface area contributed by atoms with Crippen LogP contribution in [0.1, 0.15) is 42.6 Å². The molecule has 190 valence electrons. The first kappa shape index (κ1) is 24.2. The fourth-order valence-electron chi connectivity index (χ4n) is 5.98. The summed E-state index contributed by atoms with van der Waals surface area (Å²) in [5.74, 6) is -6.72. The number of aromatic amines is 1. The van der Waals surface area contributed by atoms with Crippen LogP contribution in [0.25, 0.3) is 10.9 Å². The van der Waals surface area contributed by atoms with Gasteiger partial charge in [0, 0.05) is 42.8 Å². The van der Waals surface area contributed by atoms with Gasteiger partial charge in [-0.25, -0.2) is 13.2 Å². The largest absolute Gasteiger partial charge is 0.356 e. The second-order valence-corrected chi connectivity index (χ2v) is 10.0. The summed E-state index contributed by atoms with van der Waals surface area (Å²) < 4.78 is 42.6. The number of piperidine rings is 1. The average molecular weight is 502 g/mol. The summed E-state index contributed by atoms with van der Waals surface area (Å²) in [6, 6.07) is 5.49. The first-order valence-electron chi connectivity index (χ1n) is 12.1. The van der Waals surface area contributed by atoms with Crippen LogP contribution >= 0.6 is 0 Å². The zero-order valence-electron chi connectivity index (χ0n) is 19.4. The zero-order valence-corrected chi connectivity index (χ0v) is 19.4. The molecule has 1 aromatic carbocycles. The molecule has 11 heteroatoms. The molecule has 8 nitrogen and oxygen atoms in total. The van der Waals surface area contributed by atoms with E-state index >= 15 is 0 Å². The monoisotopic (exact) mass is 501 g/mol. The Hall–Kier alpha value is -3.55. The summed E-state index contributed by atoms with van der Waals surface area (Å²) in [5.41, 5.74) is 0.455. The first-order valence-corrected chi connectivity index (χ1v) is 12.1. The molecule has 1 aliphatic carbocycles. The molecule has 3 N–H and O–H groups in total. The lowest BCUT2D eigenvalue weighted by Gasteiger charge is -2.29. The number of alkyl halides is 2. The summed E-state index contributed by atoms with van der Waals surface area (Å²) in [6.07, 6.45) is 0.471. The van der Waals surface area contributed by atoms with Crippen molar-refractivity contribution >= 4 is 28.6 Å². The molecule has 3 aliphatic rings. The van der Waals surface area contributed by atoms with E-state index in [1.807, 2.05) is 6.07 Å². The summed E-state index contributed by atoms with van der Waals surface area (Å²) in [5, 5.41) is 15.2. The van der Waals surface area contributed by atoms with Crippen molar-refractivity contribution in [3.8, 4) is 6.07 Å². The summed E-state index contributed by atoms with van der Waals surface area (Å²) in [7, 11) is 0. The van der Waals surface area contributed by atoms with Crippen molar-refractivity contribution < 1.29 is 27.6 Å². The van der Waals surface area contributed by atoms with Gasteiger partial charge in [0.05, 0.1) is 6.07 Å². The second kappa shape index (κ2) is 9.15. The van der Waals surface area contributed by atoms with Crippen LogP contribution in [0, 0.1) is 34.9 Å². The van der Waals surface area contributed by atoms with Gasteiger partial charge in [0.2, 0.25) is 17.7 Å². The van der Waals surface area contributed by atoms with Crippen molar-refractivity contribution in [1.82, 2.24) is 20.5 Å². The third-order valence-corrected chi connectivity index (χ3v) is 7.64. The first-order chi connectivity index (χ1) is 17.2. The standard InChI is InChI=1S/C25H26F3N5O3/c26-18-4-1-5-19-16(18)8-20(32-19)24(36)33-12-14-9-25(27,28)10-17(14)21(33)23(35)31-15(11-29)7-13-3-2-6-30-22(13)34/h1,4-5,8,13-15,17,21,32H,2-3,6-7,9-10,12H2,(H,30,34)(H,31,35)/t13-,14+,15+,17+,21+/m0/s1. The number of carbonyl (C=O) groups is 3. The smallest absolute Gasteiger partial charge is 0.271 e. The molecular formula is C25H26F3N5O3. The molecule has 1 aromatic heterocycles. The van der Waals surface area contributed by atoms with Crippen molar-refractivity contribution in [2.45, 2.75) is 50.1 Å². The van der Waals surface area contributed by atoms with E-state index in [2.05, 4.69) is 15.6 Å². The number of halogens is 3. The minimum absolute atomic E-state index is 0.0444.